The molecular formula is C19H20BrF4N3S. The second kappa shape index (κ2) is 7.57. The Morgan fingerprint density at radius 1 is 1.21 bits per heavy atom. The lowest BCUT2D eigenvalue weighted by molar-refractivity contribution is -0.0548. The van der Waals surface area contributed by atoms with Crippen molar-refractivity contribution in [1.29, 1.82) is 0 Å². The number of alkyl halides is 2. The molecule has 3 heterocycles. The number of hydrogen-bond donors (Lipinski definition) is 1. The van der Waals surface area contributed by atoms with Gasteiger partial charge in [0.1, 0.15) is 11.6 Å². The molecule has 0 saturated carbocycles. The maximum absolute atomic E-state index is 14.5. The molecule has 1 N–H and O–H groups in total. The molecule has 1 atom stereocenters. The maximum Gasteiger partial charge on any atom is 0.250 e. The monoisotopic (exact) mass is 477 g/mol. The summed E-state index contributed by atoms with van der Waals surface area (Å²) in [4.78, 5) is 5.22. The standard InChI is InChI=1S/C19H20BrF4N3S/c20-12-1-2-13(21)16(17(12)22)11-9-15-14(25-18(28)27(15)10-11)3-6-26-7-4-19(23,24)5-8-26/h1-2,11H,3-10H2,(H,25,28). The highest BCUT2D eigenvalue weighted by atomic mass is 79.9. The van der Waals surface area contributed by atoms with Crippen LogP contribution in [-0.4, -0.2) is 40.0 Å². The van der Waals surface area contributed by atoms with E-state index in [4.69, 9.17) is 12.2 Å². The fourth-order valence-corrected chi connectivity index (χ4v) is 4.84. The van der Waals surface area contributed by atoms with E-state index in [0.717, 1.165) is 11.4 Å². The molecule has 1 unspecified atom stereocenters. The lowest BCUT2D eigenvalue weighted by Crippen LogP contribution is -2.40. The molecule has 1 aromatic carbocycles. The zero-order valence-electron chi connectivity index (χ0n) is 15.1. The highest BCUT2D eigenvalue weighted by molar-refractivity contribution is 9.10. The molecule has 0 radical (unpaired) electrons. The van der Waals surface area contributed by atoms with Gasteiger partial charge in [-0.25, -0.2) is 17.6 Å². The Kier molecular flexibility index (Phi) is 5.43. The number of fused-ring (bicyclic) bond motifs is 1. The minimum absolute atomic E-state index is 0.0803. The predicted molar refractivity (Wildman–Crippen MR) is 104 cm³/mol. The fourth-order valence-electron chi connectivity index (χ4n) is 4.19. The van der Waals surface area contributed by atoms with E-state index in [-0.39, 0.29) is 28.8 Å². The van der Waals surface area contributed by atoms with E-state index in [1.54, 1.807) is 0 Å². The van der Waals surface area contributed by atoms with Crippen molar-refractivity contribution < 1.29 is 17.6 Å². The van der Waals surface area contributed by atoms with Gasteiger partial charge in [0.05, 0.1) is 4.47 Å². The first-order valence-corrected chi connectivity index (χ1v) is 10.5. The van der Waals surface area contributed by atoms with E-state index in [9.17, 15) is 17.6 Å². The Labute approximate surface area is 173 Å². The van der Waals surface area contributed by atoms with Crippen molar-refractivity contribution in [3.05, 3.63) is 50.0 Å². The number of H-pyrrole nitrogens is 1. The Balaban J connectivity index is 1.49. The van der Waals surface area contributed by atoms with E-state index >= 15 is 0 Å². The van der Waals surface area contributed by atoms with Crippen LogP contribution in [0.25, 0.3) is 0 Å². The van der Waals surface area contributed by atoms with Gasteiger partial charge in [0.25, 0.3) is 5.92 Å². The number of nitrogens with zero attached hydrogens (tertiary/aromatic N) is 2. The number of imidazole rings is 1. The van der Waals surface area contributed by atoms with Gasteiger partial charge in [-0.05, 0) is 46.7 Å². The van der Waals surface area contributed by atoms with Gasteiger partial charge < -0.3 is 14.5 Å². The third-order valence-corrected chi connectivity index (χ3v) is 6.71. The van der Waals surface area contributed by atoms with Gasteiger partial charge in [-0.1, -0.05) is 0 Å². The summed E-state index contributed by atoms with van der Waals surface area (Å²) < 4.78 is 58.1. The molecule has 152 valence electrons. The molecule has 0 amide bonds. The molecule has 28 heavy (non-hydrogen) atoms. The Morgan fingerprint density at radius 2 is 1.93 bits per heavy atom. The molecule has 1 saturated heterocycles. The summed E-state index contributed by atoms with van der Waals surface area (Å²) >= 11 is 8.52. The van der Waals surface area contributed by atoms with Crippen molar-refractivity contribution in [2.45, 2.75) is 44.1 Å². The largest absolute Gasteiger partial charge is 0.334 e. The summed E-state index contributed by atoms with van der Waals surface area (Å²) in [7, 11) is 0. The smallest absolute Gasteiger partial charge is 0.250 e. The predicted octanol–water partition coefficient (Wildman–Crippen LogP) is 5.20. The Morgan fingerprint density at radius 3 is 2.64 bits per heavy atom. The van der Waals surface area contributed by atoms with E-state index in [1.165, 1.54) is 12.1 Å². The van der Waals surface area contributed by atoms with Crippen LogP contribution in [0.5, 0.6) is 0 Å². The minimum Gasteiger partial charge on any atom is -0.334 e. The third kappa shape index (κ3) is 3.80. The Hall–Kier alpha value is -1.19. The van der Waals surface area contributed by atoms with Crippen LogP contribution in [0, 0.1) is 16.4 Å². The molecule has 4 rings (SSSR count). The maximum atomic E-state index is 14.5. The SMILES string of the molecule is Fc1ccc(Br)c(F)c1C1Cc2c(CCN3CCC(F)(F)CC3)[nH]c(=S)n2C1. The number of hydrogen-bond acceptors (Lipinski definition) is 2. The van der Waals surface area contributed by atoms with Crippen molar-refractivity contribution >= 4 is 28.1 Å². The zero-order chi connectivity index (χ0) is 20.1. The van der Waals surface area contributed by atoms with Crippen molar-refractivity contribution in [3.8, 4) is 0 Å². The second-order valence-corrected chi connectivity index (χ2v) is 8.81. The highest BCUT2D eigenvalue weighted by Crippen LogP contribution is 2.36. The summed E-state index contributed by atoms with van der Waals surface area (Å²) in [6.07, 6.45) is 0.916. The molecule has 2 aliphatic rings. The van der Waals surface area contributed by atoms with Gasteiger partial charge in [0.15, 0.2) is 4.77 Å². The molecule has 0 aliphatic carbocycles. The molecule has 2 aromatic rings. The number of aromatic amines is 1. The molecule has 1 aromatic heterocycles. The third-order valence-electron chi connectivity index (χ3n) is 5.77. The number of piperidine rings is 1. The average Bonchev–Trinajstić information content (AvgIpc) is 3.19. The Bertz CT molecular complexity index is 945. The first-order chi connectivity index (χ1) is 13.2. The summed E-state index contributed by atoms with van der Waals surface area (Å²) in [5, 5.41) is 0. The lowest BCUT2D eigenvalue weighted by atomic mass is 9.95. The molecule has 0 spiro atoms. The number of aromatic nitrogens is 2. The van der Waals surface area contributed by atoms with Crippen LogP contribution in [0.1, 0.15) is 35.7 Å². The molecule has 2 aliphatic heterocycles. The van der Waals surface area contributed by atoms with Crippen LogP contribution in [0.2, 0.25) is 0 Å². The number of benzene rings is 1. The van der Waals surface area contributed by atoms with Crippen LogP contribution < -0.4 is 0 Å². The fraction of sp³-hybridized carbons (Fsp3) is 0.526. The van der Waals surface area contributed by atoms with Gasteiger partial charge in [0, 0.05) is 68.3 Å². The number of rotatable bonds is 4. The normalized spacial score (nSPS) is 21.8. The first-order valence-electron chi connectivity index (χ1n) is 9.29. The quantitative estimate of drug-likeness (QED) is 0.371. The minimum atomic E-state index is -2.56. The van der Waals surface area contributed by atoms with Crippen molar-refractivity contribution in [2.24, 2.45) is 0 Å². The van der Waals surface area contributed by atoms with Gasteiger partial charge in [-0.3, -0.25) is 0 Å². The number of likely N-dealkylation sites (tertiary alicyclic amines) is 1. The lowest BCUT2D eigenvalue weighted by Gasteiger charge is -2.31. The molecule has 1 fully saturated rings. The van der Waals surface area contributed by atoms with Gasteiger partial charge in [0.2, 0.25) is 0 Å². The van der Waals surface area contributed by atoms with Gasteiger partial charge >= 0.3 is 0 Å². The molecule has 0 bridgehead atoms. The number of nitrogens with one attached hydrogen (secondary N) is 1. The van der Waals surface area contributed by atoms with Crippen molar-refractivity contribution in [3.63, 3.8) is 0 Å². The molecular weight excluding hydrogens is 458 g/mol. The van der Waals surface area contributed by atoms with E-state index in [1.807, 2.05) is 9.47 Å². The summed E-state index contributed by atoms with van der Waals surface area (Å²) in [6.45, 7) is 1.83. The summed E-state index contributed by atoms with van der Waals surface area (Å²) in [6, 6.07) is 2.63. The first kappa shape index (κ1) is 20.1. The number of halogens is 5. The molecule has 3 nitrogen and oxygen atoms in total. The van der Waals surface area contributed by atoms with Crippen LogP contribution >= 0.6 is 28.1 Å². The summed E-state index contributed by atoms with van der Waals surface area (Å²) in [5.41, 5.74) is 1.97. The molecule has 9 heteroatoms. The van der Waals surface area contributed by atoms with E-state index < -0.39 is 17.6 Å². The van der Waals surface area contributed by atoms with Crippen LogP contribution in [-0.2, 0) is 19.4 Å². The van der Waals surface area contributed by atoms with Gasteiger partial charge in [-0.2, -0.15) is 0 Å². The topological polar surface area (TPSA) is 24.0 Å². The van der Waals surface area contributed by atoms with Crippen molar-refractivity contribution in [2.75, 3.05) is 19.6 Å². The van der Waals surface area contributed by atoms with Gasteiger partial charge in [-0.15, -0.1) is 0 Å². The van der Waals surface area contributed by atoms with E-state index in [0.29, 0.717) is 43.8 Å². The zero-order valence-corrected chi connectivity index (χ0v) is 17.5. The summed E-state index contributed by atoms with van der Waals surface area (Å²) in [5.74, 6) is -4.00. The van der Waals surface area contributed by atoms with E-state index in [2.05, 4.69) is 20.9 Å². The highest BCUT2D eigenvalue weighted by Gasteiger charge is 2.34. The van der Waals surface area contributed by atoms with Crippen LogP contribution in [0.3, 0.4) is 0 Å². The van der Waals surface area contributed by atoms with Crippen molar-refractivity contribution in [1.82, 2.24) is 14.5 Å². The van der Waals surface area contributed by atoms with Crippen LogP contribution in [0.4, 0.5) is 17.6 Å². The van der Waals surface area contributed by atoms with Crippen LogP contribution in [0.15, 0.2) is 16.6 Å². The average molecular weight is 478 g/mol. The second-order valence-electron chi connectivity index (χ2n) is 7.57.